The van der Waals surface area contributed by atoms with E-state index in [1.54, 1.807) is 6.07 Å². The molecule has 6 nitrogen and oxygen atoms in total. The van der Waals surface area contributed by atoms with Crippen molar-refractivity contribution in [2.75, 3.05) is 37.6 Å². The van der Waals surface area contributed by atoms with Crippen LogP contribution < -0.4 is 10.6 Å². The third kappa shape index (κ3) is 4.99. The molecule has 156 valence electrons. The second kappa shape index (κ2) is 8.30. The van der Waals surface area contributed by atoms with E-state index in [9.17, 15) is 28.2 Å². The Morgan fingerprint density at radius 2 is 1.79 bits per heavy atom. The molecule has 1 unspecified atom stereocenters. The number of alkyl halides is 3. The monoisotopic (exact) mass is 409 g/mol. The molecule has 0 saturated carbocycles. The summed E-state index contributed by atoms with van der Waals surface area (Å²) in [7, 11) is 0. The number of primary amides is 1. The van der Waals surface area contributed by atoms with Crippen LogP contribution in [0, 0.1) is 0 Å². The molecule has 1 fully saturated rings. The third-order valence-electron chi connectivity index (χ3n) is 5.01. The summed E-state index contributed by atoms with van der Waals surface area (Å²) in [5.41, 5.74) is 5.45. The van der Waals surface area contributed by atoms with Gasteiger partial charge < -0.3 is 20.8 Å². The summed E-state index contributed by atoms with van der Waals surface area (Å²) >= 11 is 0. The van der Waals surface area contributed by atoms with Gasteiger partial charge in [0, 0.05) is 38.4 Å². The maximum atomic E-state index is 12.9. The van der Waals surface area contributed by atoms with Crippen molar-refractivity contribution < 1.29 is 28.2 Å². The standard InChI is InChI=1S/C20H22F3N3O3/c21-20(22,23)14-2-1-3-15(11-14)26-8-6-25(7-9-26)12-18(28)13-4-5-17(27)16(10-13)19(24)29/h1-5,10-11,18,27-28H,6-9,12H2,(H2,24,29). The first-order valence-electron chi connectivity index (χ1n) is 9.10. The van der Waals surface area contributed by atoms with Gasteiger partial charge in [-0.2, -0.15) is 13.2 Å². The molecule has 3 rings (SSSR count). The minimum Gasteiger partial charge on any atom is -0.507 e. The Morgan fingerprint density at radius 3 is 2.41 bits per heavy atom. The Balaban J connectivity index is 1.60. The lowest BCUT2D eigenvalue weighted by atomic mass is 10.0. The molecule has 2 aromatic carbocycles. The molecule has 29 heavy (non-hydrogen) atoms. The number of benzene rings is 2. The normalized spacial score (nSPS) is 16.6. The number of amides is 1. The fourth-order valence-corrected chi connectivity index (χ4v) is 3.38. The second-order valence-electron chi connectivity index (χ2n) is 6.99. The number of hydrogen-bond acceptors (Lipinski definition) is 5. The lowest BCUT2D eigenvalue weighted by Gasteiger charge is -2.37. The van der Waals surface area contributed by atoms with Crippen molar-refractivity contribution in [3.8, 4) is 5.75 Å². The van der Waals surface area contributed by atoms with Gasteiger partial charge in [0.15, 0.2) is 0 Å². The van der Waals surface area contributed by atoms with Crippen molar-refractivity contribution >= 4 is 11.6 Å². The fourth-order valence-electron chi connectivity index (χ4n) is 3.38. The lowest BCUT2D eigenvalue weighted by Crippen LogP contribution is -2.47. The highest BCUT2D eigenvalue weighted by Crippen LogP contribution is 2.32. The van der Waals surface area contributed by atoms with Gasteiger partial charge in [-0.1, -0.05) is 12.1 Å². The first kappa shape index (κ1) is 20.9. The number of rotatable bonds is 5. The van der Waals surface area contributed by atoms with Gasteiger partial charge in [-0.25, -0.2) is 0 Å². The van der Waals surface area contributed by atoms with E-state index < -0.39 is 23.8 Å². The number of hydrogen-bond donors (Lipinski definition) is 3. The summed E-state index contributed by atoms with van der Waals surface area (Å²) in [6, 6.07) is 9.44. The Labute approximate surface area is 166 Å². The molecule has 0 spiro atoms. The molecule has 4 N–H and O–H groups in total. The van der Waals surface area contributed by atoms with Crippen LogP contribution >= 0.6 is 0 Å². The van der Waals surface area contributed by atoms with Gasteiger partial charge in [0.1, 0.15) is 5.75 Å². The number of carbonyl (C=O) groups excluding carboxylic acids is 1. The van der Waals surface area contributed by atoms with Crippen LogP contribution in [0.25, 0.3) is 0 Å². The van der Waals surface area contributed by atoms with Gasteiger partial charge >= 0.3 is 6.18 Å². The molecule has 1 saturated heterocycles. The summed E-state index contributed by atoms with van der Waals surface area (Å²) in [6.07, 6.45) is -5.27. The zero-order valence-corrected chi connectivity index (χ0v) is 15.6. The van der Waals surface area contributed by atoms with Gasteiger partial charge in [0.2, 0.25) is 0 Å². The largest absolute Gasteiger partial charge is 0.507 e. The number of phenols is 1. The van der Waals surface area contributed by atoms with Gasteiger partial charge in [-0.05, 0) is 35.9 Å². The summed E-state index contributed by atoms with van der Waals surface area (Å²) in [6.45, 7) is 2.47. The zero-order valence-electron chi connectivity index (χ0n) is 15.6. The van der Waals surface area contributed by atoms with Crippen molar-refractivity contribution in [1.29, 1.82) is 0 Å². The maximum Gasteiger partial charge on any atom is 0.416 e. The number of piperazine rings is 1. The molecule has 2 aromatic rings. The maximum absolute atomic E-state index is 12.9. The van der Waals surface area contributed by atoms with E-state index in [1.165, 1.54) is 24.3 Å². The van der Waals surface area contributed by atoms with Crippen molar-refractivity contribution in [2.24, 2.45) is 5.73 Å². The van der Waals surface area contributed by atoms with Crippen LogP contribution in [0.2, 0.25) is 0 Å². The van der Waals surface area contributed by atoms with E-state index in [0.29, 0.717) is 44.0 Å². The molecule has 0 aliphatic carbocycles. The van der Waals surface area contributed by atoms with E-state index in [2.05, 4.69) is 0 Å². The highest BCUT2D eigenvalue weighted by molar-refractivity contribution is 5.95. The smallest absolute Gasteiger partial charge is 0.416 e. The molecule has 1 aliphatic heterocycles. The number of aliphatic hydroxyl groups excluding tert-OH is 1. The number of anilines is 1. The summed E-state index contributed by atoms with van der Waals surface area (Å²) in [4.78, 5) is 15.2. The predicted molar refractivity (Wildman–Crippen MR) is 102 cm³/mol. The minimum absolute atomic E-state index is 0.0593. The Bertz CT molecular complexity index is 881. The number of β-amino-alcohol motifs (C(OH)–C–C–N with tert-alkyl or cyclic N) is 1. The van der Waals surface area contributed by atoms with E-state index in [0.717, 1.165) is 12.1 Å². The molecule has 0 radical (unpaired) electrons. The van der Waals surface area contributed by atoms with E-state index in [1.807, 2.05) is 9.80 Å². The van der Waals surface area contributed by atoms with Crippen LogP contribution in [0.1, 0.15) is 27.6 Å². The van der Waals surface area contributed by atoms with Crippen LogP contribution in [-0.2, 0) is 6.18 Å². The van der Waals surface area contributed by atoms with Gasteiger partial charge in [0.25, 0.3) is 5.91 Å². The molecule has 9 heteroatoms. The number of nitrogens with two attached hydrogens (primary N) is 1. The van der Waals surface area contributed by atoms with E-state index >= 15 is 0 Å². The minimum atomic E-state index is -4.38. The van der Waals surface area contributed by atoms with Crippen molar-refractivity contribution in [1.82, 2.24) is 4.90 Å². The van der Waals surface area contributed by atoms with Crippen molar-refractivity contribution in [3.63, 3.8) is 0 Å². The van der Waals surface area contributed by atoms with E-state index in [-0.39, 0.29) is 11.3 Å². The van der Waals surface area contributed by atoms with Crippen molar-refractivity contribution in [3.05, 3.63) is 59.2 Å². The Hall–Kier alpha value is -2.78. The highest BCUT2D eigenvalue weighted by Gasteiger charge is 2.31. The summed E-state index contributed by atoms with van der Waals surface area (Å²) in [5, 5.41) is 20.1. The molecular formula is C20H22F3N3O3. The van der Waals surface area contributed by atoms with Crippen LogP contribution in [-0.4, -0.2) is 53.7 Å². The SMILES string of the molecule is NC(=O)c1cc(C(O)CN2CCN(c3cccc(C(F)(F)F)c3)CC2)ccc1O. The number of aliphatic hydroxyl groups is 1. The number of carbonyl (C=O) groups is 1. The van der Waals surface area contributed by atoms with Crippen LogP contribution in [0.4, 0.5) is 18.9 Å². The predicted octanol–water partition coefficient (Wildman–Crippen LogP) is 2.37. The molecular weight excluding hydrogens is 387 g/mol. The molecule has 0 aromatic heterocycles. The quantitative estimate of drug-likeness (QED) is 0.706. The lowest BCUT2D eigenvalue weighted by molar-refractivity contribution is -0.137. The number of halogens is 3. The van der Waals surface area contributed by atoms with E-state index in [4.69, 9.17) is 5.73 Å². The molecule has 1 atom stereocenters. The first-order chi connectivity index (χ1) is 13.6. The summed E-state index contributed by atoms with van der Waals surface area (Å²) < 4.78 is 38.7. The van der Waals surface area contributed by atoms with Gasteiger partial charge in [-0.3, -0.25) is 9.69 Å². The average Bonchev–Trinajstić information content (AvgIpc) is 2.68. The van der Waals surface area contributed by atoms with Crippen LogP contribution in [0.3, 0.4) is 0 Å². The number of nitrogens with zero attached hydrogens (tertiary/aromatic N) is 2. The molecule has 1 aliphatic rings. The fraction of sp³-hybridized carbons (Fsp3) is 0.350. The van der Waals surface area contributed by atoms with Gasteiger partial charge in [0.05, 0.1) is 17.2 Å². The Kier molecular flexibility index (Phi) is 5.99. The third-order valence-corrected chi connectivity index (χ3v) is 5.01. The Morgan fingerprint density at radius 1 is 1.10 bits per heavy atom. The zero-order chi connectivity index (χ0) is 21.2. The molecule has 1 amide bonds. The van der Waals surface area contributed by atoms with Gasteiger partial charge in [-0.15, -0.1) is 0 Å². The molecule has 0 bridgehead atoms. The van der Waals surface area contributed by atoms with Crippen LogP contribution in [0.5, 0.6) is 5.75 Å². The summed E-state index contributed by atoms with van der Waals surface area (Å²) in [5.74, 6) is -1.03. The molecule has 1 heterocycles. The topological polar surface area (TPSA) is 90.0 Å². The highest BCUT2D eigenvalue weighted by atomic mass is 19.4. The average molecular weight is 409 g/mol. The first-order valence-corrected chi connectivity index (χ1v) is 9.10. The van der Waals surface area contributed by atoms with Crippen LogP contribution in [0.15, 0.2) is 42.5 Å². The van der Waals surface area contributed by atoms with Crippen molar-refractivity contribution in [2.45, 2.75) is 12.3 Å². The number of aromatic hydroxyl groups is 1. The second-order valence-corrected chi connectivity index (χ2v) is 6.99.